The Kier molecular flexibility index (Phi) is 5.35. The third-order valence-corrected chi connectivity index (χ3v) is 2.90. The van der Waals surface area contributed by atoms with Crippen LogP contribution in [0.25, 0.3) is 0 Å². The van der Waals surface area contributed by atoms with E-state index in [1.54, 1.807) is 6.92 Å². The summed E-state index contributed by atoms with van der Waals surface area (Å²) in [5, 5.41) is 10.5. The van der Waals surface area contributed by atoms with Gasteiger partial charge in [0, 0.05) is 5.56 Å². The lowest BCUT2D eigenvalue weighted by molar-refractivity contribution is 0.0481. The van der Waals surface area contributed by atoms with Crippen LogP contribution in [-0.2, 0) is 4.74 Å². The summed E-state index contributed by atoms with van der Waals surface area (Å²) < 4.78 is 15.6. The molecule has 2 rings (SSSR count). The number of anilines is 1. The van der Waals surface area contributed by atoms with Crippen LogP contribution >= 0.6 is 0 Å². The van der Waals surface area contributed by atoms with Crippen molar-refractivity contribution in [2.24, 2.45) is 0 Å². The van der Waals surface area contributed by atoms with Gasteiger partial charge in [0.05, 0.1) is 19.3 Å². The van der Waals surface area contributed by atoms with Gasteiger partial charge in [-0.05, 0) is 26.8 Å². The van der Waals surface area contributed by atoms with E-state index >= 15 is 0 Å². The summed E-state index contributed by atoms with van der Waals surface area (Å²) in [4.78, 5) is 11.5. The number of rotatable bonds is 7. The Balaban J connectivity index is 2.09. The van der Waals surface area contributed by atoms with Crippen LogP contribution in [0.4, 0.5) is 6.01 Å². The van der Waals surface area contributed by atoms with E-state index in [4.69, 9.17) is 13.9 Å². The summed E-state index contributed by atoms with van der Waals surface area (Å²) >= 11 is 0. The van der Waals surface area contributed by atoms with E-state index in [2.05, 4.69) is 15.5 Å². The standard InChI is InChI=1S/C15H19N3O4/c1-4-20-12-9-7-6-8-11(12)10(3)16-15-18-17-13(22-15)14(19)21-5-2/h6-10H,4-5H2,1-3H3,(H,16,18). The maximum atomic E-state index is 11.5. The Bertz CT molecular complexity index is 627. The highest BCUT2D eigenvalue weighted by Crippen LogP contribution is 2.27. The maximum Gasteiger partial charge on any atom is 0.396 e. The largest absolute Gasteiger partial charge is 0.494 e. The minimum absolute atomic E-state index is 0.127. The summed E-state index contributed by atoms with van der Waals surface area (Å²) in [7, 11) is 0. The predicted molar refractivity (Wildman–Crippen MR) is 79.9 cm³/mol. The normalized spacial score (nSPS) is 11.8. The van der Waals surface area contributed by atoms with Crippen molar-refractivity contribution in [2.75, 3.05) is 18.5 Å². The van der Waals surface area contributed by atoms with Gasteiger partial charge in [-0.15, -0.1) is 0 Å². The first kappa shape index (κ1) is 15.8. The number of benzene rings is 1. The quantitative estimate of drug-likeness (QED) is 0.787. The molecule has 0 aliphatic rings. The summed E-state index contributed by atoms with van der Waals surface area (Å²) in [5.74, 6) is -0.0183. The highest BCUT2D eigenvalue weighted by Gasteiger charge is 2.18. The molecule has 1 aromatic carbocycles. The molecule has 1 unspecified atom stereocenters. The molecule has 0 saturated carbocycles. The molecule has 1 N–H and O–H groups in total. The molecule has 0 fully saturated rings. The van der Waals surface area contributed by atoms with Crippen LogP contribution in [0.15, 0.2) is 28.7 Å². The van der Waals surface area contributed by atoms with E-state index in [0.717, 1.165) is 11.3 Å². The fourth-order valence-corrected chi connectivity index (χ4v) is 1.95. The first-order chi connectivity index (χ1) is 10.7. The lowest BCUT2D eigenvalue weighted by Crippen LogP contribution is -2.09. The summed E-state index contributed by atoms with van der Waals surface area (Å²) in [6.45, 7) is 6.41. The number of nitrogens with zero attached hydrogens (tertiary/aromatic N) is 2. The number of hydrogen-bond acceptors (Lipinski definition) is 7. The minimum Gasteiger partial charge on any atom is -0.494 e. The van der Waals surface area contributed by atoms with Crippen molar-refractivity contribution in [1.82, 2.24) is 10.2 Å². The smallest absolute Gasteiger partial charge is 0.396 e. The van der Waals surface area contributed by atoms with Gasteiger partial charge >= 0.3 is 17.9 Å². The topological polar surface area (TPSA) is 86.5 Å². The molecule has 0 amide bonds. The number of carbonyl (C=O) groups excluding carboxylic acids is 1. The summed E-state index contributed by atoms with van der Waals surface area (Å²) in [6.07, 6.45) is 0. The molecule has 1 aromatic heterocycles. The van der Waals surface area contributed by atoms with Gasteiger partial charge in [0.15, 0.2) is 0 Å². The third-order valence-electron chi connectivity index (χ3n) is 2.90. The maximum absolute atomic E-state index is 11.5. The Morgan fingerprint density at radius 3 is 2.77 bits per heavy atom. The van der Waals surface area contributed by atoms with Gasteiger partial charge in [-0.25, -0.2) is 4.79 Å². The average Bonchev–Trinajstić information content (AvgIpc) is 2.97. The zero-order valence-corrected chi connectivity index (χ0v) is 12.8. The van der Waals surface area contributed by atoms with Crippen LogP contribution in [0.3, 0.4) is 0 Å². The second kappa shape index (κ2) is 7.44. The number of aromatic nitrogens is 2. The second-order valence-electron chi connectivity index (χ2n) is 4.47. The van der Waals surface area contributed by atoms with Crippen molar-refractivity contribution >= 4 is 12.0 Å². The number of ether oxygens (including phenoxy) is 2. The number of nitrogens with one attached hydrogen (secondary N) is 1. The SMILES string of the molecule is CCOC(=O)c1nnc(NC(C)c2ccccc2OCC)o1. The van der Waals surface area contributed by atoms with Gasteiger partial charge in [0.25, 0.3) is 0 Å². The average molecular weight is 305 g/mol. The Morgan fingerprint density at radius 1 is 1.27 bits per heavy atom. The van der Waals surface area contributed by atoms with Crippen molar-refractivity contribution in [3.63, 3.8) is 0 Å². The van der Waals surface area contributed by atoms with Crippen LogP contribution in [0.1, 0.15) is 43.1 Å². The molecular weight excluding hydrogens is 286 g/mol. The molecule has 0 spiro atoms. The highest BCUT2D eigenvalue weighted by atomic mass is 16.5. The molecule has 0 bridgehead atoms. The van der Waals surface area contributed by atoms with Crippen LogP contribution in [0.5, 0.6) is 5.75 Å². The van der Waals surface area contributed by atoms with Crippen LogP contribution in [-0.4, -0.2) is 29.4 Å². The van der Waals surface area contributed by atoms with Crippen LogP contribution in [0, 0.1) is 0 Å². The zero-order valence-electron chi connectivity index (χ0n) is 12.8. The molecule has 0 radical (unpaired) electrons. The molecule has 1 heterocycles. The van der Waals surface area contributed by atoms with Gasteiger partial charge in [-0.1, -0.05) is 28.4 Å². The van der Waals surface area contributed by atoms with Crippen molar-refractivity contribution in [3.05, 3.63) is 35.7 Å². The second-order valence-corrected chi connectivity index (χ2v) is 4.47. The minimum atomic E-state index is -0.634. The molecule has 7 nitrogen and oxygen atoms in total. The fourth-order valence-electron chi connectivity index (χ4n) is 1.95. The fraction of sp³-hybridized carbons (Fsp3) is 0.400. The summed E-state index contributed by atoms with van der Waals surface area (Å²) in [6, 6.07) is 7.71. The first-order valence-corrected chi connectivity index (χ1v) is 7.14. The van der Waals surface area contributed by atoms with Crippen molar-refractivity contribution in [3.8, 4) is 5.75 Å². The van der Waals surface area contributed by atoms with Gasteiger partial charge in [0.2, 0.25) is 0 Å². The van der Waals surface area contributed by atoms with E-state index in [0.29, 0.717) is 6.61 Å². The zero-order chi connectivity index (χ0) is 15.9. The number of carbonyl (C=O) groups is 1. The van der Waals surface area contributed by atoms with E-state index in [9.17, 15) is 4.79 Å². The van der Waals surface area contributed by atoms with Crippen molar-refractivity contribution in [1.29, 1.82) is 0 Å². The predicted octanol–water partition coefficient (Wildman–Crippen LogP) is 2.82. The molecule has 2 aromatic rings. The lowest BCUT2D eigenvalue weighted by atomic mass is 10.1. The Hall–Kier alpha value is -2.57. The molecule has 118 valence electrons. The molecule has 22 heavy (non-hydrogen) atoms. The Morgan fingerprint density at radius 2 is 2.05 bits per heavy atom. The van der Waals surface area contributed by atoms with Gasteiger partial charge in [-0.2, -0.15) is 0 Å². The van der Waals surface area contributed by atoms with Crippen LogP contribution < -0.4 is 10.1 Å². The van der Waals surface area contributed by atoms with Gasteiger partial charge in [0.1, 0.15) is 5.75 Å². The van der Waals surface area contributed by atoms with Gasteiger partial charge < -0.3 is 19.2 Å². The molecule has 0 aliphatic carbocycles. The lowest BCUT2D eigenvalue weighted by Gasteiger charge is -2.16. The van der Waals surface area contributed by atoms with E-state index in [-0.39, 0.29) is 24.6 Å². The van der Waals surface area contributed by atoms with Crippen molar-refractivity contribution < 1.29 is 18.7 Å². The number of esters is 1. The number of hydrogen-bond donors (Lipinski definition) is 1. The van der Waals surface area contributed by atoms with E-state index < -0.39 is 5.97 Å². The molecular formula is C15H19N3O4. The number of para-hydroxylation sites is 1. The summed E-state index contributed by atoms with van der Waals surface area (Å²) in [5.41, 5.74) is 0.959. The van der Waals surface area contributed by atoms with Gasteiger partial charge in [-0.3, -0.25) is 0 Å². The van der Waals surface area contributed by atoms with Crippen molar-refractivity contribution in [2.45, 2.75) is 26.8 Å². The van der Waals surface area contributed by atoms with E-state index in [1.807, 2.05) is 38.1 Å². The molecule has 0 saturated heterocycles. The monoisotopic (exact) mass is 305 g/mol. The molecule has 7 heteroatoms. The Labute approximate surface area is 128 Å². The highest BCUT2D eigenvalue weighted by molar-refractivity contribution is 5.84. The molecule has 1 atom stereocenters. The van der Waals surface area contributed by atoms with E-state index in [1.165, 1.54) is 0 Å². The van der Waals surface area contributed by atoms with Crippen LogP contribution in [0.2, 0.25) is 0 Å². The first-order valence-electron chi connectivity index (χ1n) is 7.14. The third kappa shape index (κ3) is 3.75. The molecule has 0 aliphatic heterocycles.